The van der Waals surface area contributed by atoms with Gasteiger partial charge in [-0.15, -0.1) is 0 Å². The maximum absolute atomic E-state index is 12.7. The van der Waals surface area contributed by atoms with Crippen molar-refractivity contribution in [3.63, 3.8) is 0 Å². The lowest BCUT2D eigenvalue weighted by Gasteiger charge is -2.33. The second kappa shape index (κ2) is 15.5. The van der Waals surface area contributed by atoms with Crippen molar-refractivity contribution in [1.82, 2.24) is 0 Å². The van der Waals surface area contributed by atoms with Crippen LogP contribution < -0.4 is 20.5 Å². The van der Waals surface area contributed by atoms with Crippen molar-refractivity contribution in [2.24, 2.45) is 0 Å². The van der Waals surface area contributed by atoms with Crippen LogP contribution >= 0.6 is 11.2 Å². The first kappa shape index (κ1) is 32.8. The van der Waals surface area contributed by atoms with Gasteiger partial charge in [-0.3, -0.25) is 14.4 Å². The summed E-state index contributed by atoms with van der Waals surface area (Å²) in [5, 5.41) is 4.09. The molecule has 0 aromatic heterocycles. The molecule has 0 saturated carbocycles. The number of aryl methyl sites for hydroxylation is 2. The van der Waals surface area contributed by atoms with Crippen molar-refractivity contribution < 1.29 is 23.9 Å². The monoisotopic (exact) mass is 625 g/mol. The highest BCUT2D eigenvalue weighted by atomic mass is 32.4. The number of carbonyl (C=O) groups excluding carboxylic acids is 3. The SMILES string of the molecule is CC(=O)OC[C@H](CN(C(C)=O)c1ccc(CCS[Si](c2ccccc2)(c2ccccc2)c2ccccc2)c(C)c1)OC(C)=O. The molecule has 6 nitrogen and oxygen atoms in total. The predicted octanol–water partition coefficient (Wildman–Crippen LogP) is 4.79. The number of hydrogen-bond donors (Lipinski definition) is 0. The first-order valence-corrected chi connectivity index (χ1v) is 18.4. The summed E-state index contributed by atoms with van der Waals surface area (Å²) in [6.45, 7) is 6.07. The average molecular weight is 626 g/mol. The summed E-state index contributed by atoms with van der Waals surface area (Å²) in [6, 6.07) is 38.6. The van der Waals surface area contributed by atoms with E-state index in [0.717, 1.165) is 17.7 Å². The third-order valence-corrected chi connectivity index (χ3v) is 15.8. The van der Waals surface area contributed by atoms with Crippen molar-refractivity contribution in [1.29, 1.82) is 0 Å². The summed E-state index contributed by atoms with van der Waals surface area (Å²) in [5.74, 6) is -0.264. The number of benzene rings is 4. The van der Waals surface area contributed by atoms with Gasteiger partial charge in [0.1, 0.15) is 6.61 Å². The number of carbonyl (C=O) groups is 3. The molecule has 0 aliphatic carbocycles. The van der Waals surface area contributed by atoms with Gasteiger partial charge < -0.3 is 14.4 Å². The largest absolute Gasteiger partial charge is 0.462 e. The zero-order valence-corrected chi connectivity index (χ0v) is 27.5. The molecule has 0 N–H and O–H groups in total. The summed E-state index contributed by atoms with van der Waals surface area (Å²) in [6.07, 6.45) is 0.0874. The van der Waals surface area contributed by atoms with Gasteiger partial charge in [0.15, 0.2) is 6.10 Å². The summed E-state index contributed by atoms with van der Waals surface area (Å²) < 4.78 is 10.4. The fourth-order valence-electron chi connectivity index (χ4n) is 5.40. The smallest absolute Gasteiger partial charge is 0.303 e. The van der Waals surface area contributed by atoms with Gasteiger partial charge >= 0.3 is 11.9 Å². The van der Waals surface area contributed by atoms with Crippen LogP contribution in [0.15, 0.2) is 109 Å². The molecule has 228 valence electrons. The summed E-state index contributed by atoms with van der Waals surface area (Å²) in [5.41, 5.74) is 2.98. The molecular formula is C36H39NO5SSi. The van der Waals surface area contributed by atoms with Gasteiger partial charge in [-0.25, -0.2) is 0 Å². The zero-order valence-electron chi connectivity index (χ0n) is 25.7. The minimum atomic E-state index is -2.40. The normalized spacial score (nSPS) is 11.8. The molecule has 4 rings (SSSR count). The van der Waals surface area contributed by atoms with E-state index in [1.807, 2.05) is 12.1 Å². The molecule has 1 atom stereocenters. The van der Waals surface area contributed by atoms with Crippen LogP contribution in [0.5, 0.6) is 0 Å². The molecule has 0 unspecified atom stereocenters. The first-order valence-electron chi connectivity index (χ1n) is 14.7. The number of hydrogen-bond acceptors (Lipinski definition) is 6. The van der Waals surface area contributed by atoms with Crippen LogP contribution in [-0.4, -0.2) is 50.1 Å². The topological polar surface area (TPSA) is 72.9 Å². The standard InChI is InChI=1S/C36H39NO5SSi/c1-27-24-32(37(28(2)38)25-33(42-30(4)40)26-41-29(3)39)21-20-31(27)22-23-43-44(34-14-8-5-9-15-34,35-16-10-6-11-17-35)36-18-12-7-13-19-36/h5-21,24,33H,22-23,25-26H2,1-4H3/t33-/m0/s1. The van der Waals surface area contributed by atoms with Crippen LogP contribution in [0, 0.1) is 6.92 Å². The lowest BCUT2D eigenvalue weighted by atomic mass is 10.0. The highest BCUT2D eigenvalue weighted by molar-refractivity contribution is 8.33. The Morgan fingerprint density at radius 3 is 1.70 bits per heavy atom. The van der Waals surface area contributed by atoms with Crippen molar-refractivity contribution in [2.75, 3.05) is 23.8 Å². The number of nitrogens with zero attached hydrogens (tertiary/aromatic N) is 1. The van der Waals surface area contributed by atoms with Crippen molar-refractivity contribution in [2.45, 2.75) is 40.2 Å². The molecule has 0 aliphatic heterocycles. The van der Waals surface area contributed by atoms with Gasteiger partial charge in [-0.05, 0) is 57.9 Å². The molecule has 0 fully saturated rings. The van der Waals surface area contributed by atoms with E-state index in [-0.39, 0.29) is 19.1 Å². The Kier molecular flexibility index (Phi) is 11.6. The number of rotatable bonds is 13. The molecule has 0 saturated heterocycles. The molecule has 0 aliphatic rings. The third kappa shape index (κ3) is 8.27. The molecule has 0 bridgehead atoms. The Morgan fingerprint density at radius 2 is 1.27 bits per heavy atom. The maximum atomic E-state index is 12.7. The van der Waals surface area contributed by atoms with E-state index in [2.05, 4.69) is 115 Å². The minimum absolute atomic E-state index is 0.0795. The molecule has 8 heteroatoms. The minimum Gasteiger partial charge on any atom is -0.462 e. The molecular weight excluding hydrogens is 587 g/mol. The van der Waals surface area contributed by atoms with E-state index in [4.69, 9.17) is 9.47 Å². The van der Waals surface area contributed by atoms with Gasteiger partial charge in [-0.2, -0.15) is 11.2 Å². The van der Waals surface area contributed by atoms with Gasteiger partial charge in [0.2, 0.25) is 13.1 Å². The van der Waals surface area contributed by atoms with Crippen LogP contribution in [0.4, 0.5) is 5.69 Å². The van der Waals surface area contributed by atoms with Crippen LogP contribution in [0.3, 0.4) is 0 Å². The summed E-state index contributed by atoms with van der Waals surface area (Å²) >= 11 is 2.05. The molecule has 0 spiro atoms. The van der Waals surface area contributed by atoms with Gasteiger partial charge in [0.05, 0.1) is 6.54 Å². The van der Waals surface area contributed by atoms with Gasteiger partial charge in [0, 0.05) is 26.5 Å². The van der Waals surface area contributed by atoms with Gasteiger partial charge in [-0.1, -0.05) is 97.1 Å². The molecule has 4 aromatic carbocycles. The highest BCUT2D eigenvalue weighted by Gasteiger charge is 2.40. The van der Waals surface area contributed by atoms with E-state index in [0.29, 0.717) is 5.69 Å². The van der Waals surface area contributed by atoms with Crippen molar-refractivity contribution in [3.05, 3.63) is 120 Å². The van der Waals surface area contributed by atoms with Crippen LogP contribution in [0.2, 0.25) is 0 Å². The Hall–Kier alpha value is -4.14. The Bertz CT molecular complexity index is 1450. The number of amides is 1. The Labute approximate surface area is 265 Å². The molecule has 44 heavy (non-hydrogen) atoms. The van der Waals surface area contributed by atoms with E-state index >= 15 is 0 Å². The van der Waals surface area contributed by atoms with Gasteiger partial charge in [0.25, 0.3) is 0 Å². The van der Waals surface area contributed by atoms with Crippen LogP contribution in [0.1, 0.15) is 31.9 Å². The Morgan fingerprint density at radius 1 is 0.750 bits per heavy atom. The maximum Gasteiger partial charge on any atom is 0.303 e. The fourth-order valence-corrected chi connectivity index (χ4v) is 13.5. The zero-order chi connectivity index (χ0) is 31.5. The van der Waals surface area contributed by atoms with E-state index in [1.165, 1.54) is 41.9 Å². The van der Waals surface area contributed by atoms with E-state index in [9.17, 15) is 14.4 Å². The second-order valence-electron chi connectivity index (χ2n) is 10.7. The van der Waals surface area contributed by atoms with E-state index in [1.54, 1.807) is 4.90 Å². The average Bonchev–Trinajstić information content (AvgIpc) is 3.02. The lowest BCUT2D eigenvalue weighted by molar-refractivity contribution is -0.155. The third-order valence-electron chi connectivity index (χ3n) is 7.44. The molecule has 0 radical (unpaired) electrons. The predicted molar refractivity (Wildman–Crippen MR) is 182 cm³/mol. The Balaban J connectivity index is 1.58. The van der Waals surface area contributed by atoms with Crippen molar-refractivity contribution in [3.8, 4) is 0 Å². The molecule has 0 heterocycles. The van der Waals surface area contributed by atoms with Crippen LogP contribution in [-0.2, 0) is 30.3 Å². The van der Waals surface area contributed by atoms with E-state index < -0.39 is 25.3 Å². The number of esters is 2. The van der Waals surface area contributed by atoms with Crippen LogP contribution in [0.25, 0.3) is 0 Å². The first-order chi connectivity index (χ1) is 21.2. The lowest BCUT2D eigenvalue weighted by Crippen LogP contribution is -2.65. The quantitative estimate of drug-likeness (QED) is 0.121. The molecule has 1 amide bonds. The summed E-state index contributed by atoms with van der Waals surface area (Å²) in [4.78, 5) is 37.2. The molecule has 4 aromatic rings. The fraction of sp³-hybridized carbons (Fsp3) is 0.250. The highest BCUT2D eigenvalue weighted by Crippen LogP contribution is 2.26. The number of ether oxygens (including phenoxy) is 2. The van der Waals surface area contributed by atoms with Crippen molar-refractivity contribution >= 4 is 57.5 Å². The summed E-state index contributed by atoms with van der Waals surface area (Å²) in [7, 11) is -2.40. The second-order valence-corrected chi connectivity index (χ2v) is 17.1. The number of anilines is 1.